The highest BCUT2D eigenvalue weighted by Crippen LogP contribution is 2.26. The first-order valence-electron chi connectivity index (χ1n) is 18.0. The lowest BCUT2D eigenvalue weighted by atomic mass is 9.98. The van der Waals surface area contributed by atoms with Crippen molar-refractivity contribution in [2.45, 2.75) is 77.9 Å². The molecule has 1 saturated heterocycles. The Morgan fingerprint density at radius 2 is 1.62 bits per heavy atom. The zero-order valence-corrected chi connectivity index (χ0v) is 31.1. The van der Waals surface area contributed by atoms with Gasteiger partial charge in [0.2, 0.25) is 23.6 Å². The molecule has 1 fully saturated rings. The molecule has 2 heterocycles. The summed E-state index contributed by atoms with van der Waals surface area (Å²) in [5.41, 5.74) is 3.51. The molecular weight excluding hydrogens is 660 g/mol. The summed E-state index contributed by atoms with van der Waals surface area (Å²) in [7, 11) is 3.10. The van der Waals surface area contributed by atoms with Crippen LogP contribution in [0.4, 0.5) is 0 Å². The second kappa shape index (κ2) is 18.8. The third kappa shape index (κ3) is 10.6. The van der Waals surface area contributed by atoms with Crippen LogP contribution in [-0.4, -0.2) is 96.2 Å². The number of ether oxygens (including phenoxy) is 1. The minimum atomic E-state index is -0.997. The van der Waals surface area contributed by atoms with Crippen LogP contribution in [0.1, 0.15) is 68.1 Å². The van der Waals surface area contributed by atoms with E-state index >= 15 is 0 Å². The molecule has 0 bridgehead atoms. The SMILES string of the molecule is COc1ccc(C[C@@H]2NC(=O)[C@@H](CC(C)C)NC(=O)CCCN(C(=O)c3c(-c4ccccc4)ccnc3C)CCCNC(=O)[C@H](C)N(C)C2=O)cc1. The van der Waals surface area contributed by atoms with Gasteiger partial charge in [0.25, 0.3) is 5.91 Å². The number of aromatic nitrogens is 1. The molecule has 4 rings (SSSR count). The predicted molar refractivity (Wildman–Crippen MR) is 199 cm³/mol. The molecule has 52 heavy (non-hydrogen) atoms. The van der Waals surface area contributed by atoms with Crippen LogP contribution >= 0.6 is 0 Å². The molecule has 278 valence electrons. The third-order valence-corrected chi connectivity index (χ3v) is 9.34. The number of nitrogens with one attached hydrogen (secondary N) is 3. The molecule has 1 aliphatic heterocycles. The predicted octanol–water partition coefficient (Wildman–Crippen LogP) is 3.91. The number of methoxy groups -OCH3 is 1. The Kier molecular flexibility index (Phi) is 14.3. The third-order valence-electron chi connectivity index (χ3n) is 9.34. The number of carbonyl (C=O) groups excluding carboxylic acids is 5. The maximum absolute atomic E-state index is 14.2. The van der Waals surface area contributed by atoms with Gasteiger partial charge in [-0.1, -0.05) is 56.3 Å². The van der Waals surface area contributed by atoms with Gasteiger partial charge in [0.05, 0.1) is 18.4 Å². The number of likely N-dealkylation sites (N-methyl/N-ethyl adjacent to an activating group) is 1. The average molecular weight is 713 g/mol. The second-order valence-corrected chi connectivity index (χ2v) is 13.7. The number of carbonyl (C=O) groups is 5. The summed E-state index contributed by atoms with van der Waals surface area (Å²) < 4.78 is 5.26. The fourth-order valence-corrected chi connectivity index (χ4v) is 6.28. The average Bonchev–Trinajstić information content (AvgIpc) is 3.13. The quantitative estimate of drug-likeness (QED) is 0.336. The minimum Gasteiger partial charge on any atom is -0.497 e. The van der Waals surface area contributed by atoms with Gasteiger partial charge in [0, 0.05) is 45.7 Å². The summed E-state index contributed by atoms with van der Waals surface area (Å²) in [6, 6.07) is 15.9. The fraction of sp³-hybridized carbons (Fsp3) is 0.450. The van der Waals surface area contributed by atoms with Gasteiger partial charge in [0.15, 0.2) is 0 Å². The number of pyridine rings is 1. The van der Waals surface area contributed by atoms with Crippen LogP contribution in [-0.2, 0) is 25.6 Å². The first-order chi connectivity index (χ1) is 24.9. The standard InChI is InChI=1S/C40H52N6O6/c1-26(2)24-33-38(49)44-34(25-29-15-17-31(52-6)18-16-29)39(50)45(5)28(4)37(48)42-20-11-23-46(22-10-14-35(47)43-33)40(51)36-27(3)41-21-19-32(36)30-12-8-7-9-13-30/h7-9,12-13,15-19,21,26,28,33-34H,10-11,14,20,22-25H2,1-6H3,(H,42,48)(H,43,47)(H,44,49)/t28-,33+,34-/m0/s1. The lowest BCUT2D eigenvalue weighted by Crippen LogP contribution is -2.57. The highest BCUT2D eigenvalue weighted by molar-refractivity contribution is 6.02. The Balaban J connectivity index is 1.60. The molecule has 0 radical (unpaired) electrons. The van der Waals surface area contributed by atoms with Crippen molar-refractivity contribution in [2.24, 2.45) is 5.92 Å². The number of hydrogen-bond acceptors (Lipinski definition) is 7. The Bertz CT molecular complexity index is 1700. The van der Waals surface area contributed by atoms with E-state index in [2.05, 4.69) is 20.9 Å². The van der Waals surface area contributed by atoms with Gasteiger partial charge in [-0.25, -0.2) is 0 Å². The van der Waals surface area contributed by atoms with Crippen LogP contribution in [0.25, 0.3) is 11.1 Å². The fourth-order valence-electron chi connectivity index (χ4n) is 6.28. The van der Waals surface area contributed by atoms with Crippen LogP contribution in [0.2, 0.25) is 0 Å². The molecule has 3 N–H and O–H groups in total. The van der Waals surface area contributed by atoms with Gasteiger partial charge in [-0.2, -0.15) is 0 Å². The molecule has 1 aliphatic rings. The van der Waals surface area contributed by atoms with E-state index in [4.69, 9.17) is 4.74 Å². The molecule has 5 amide bonds. The number of aryl methyl sites for hydroxylation is 1. The van der Waals surface area contributed by atoms with Crippen molar-refractivity contribution in [3.63, 3.8) is 0 Å². The van der Waals surface area contributed by atoms with E-state index in [1.165, 1.54) is 11.9 Å². The van der Waals surface area contributed by atoms with E-state index in [-0.39, 0.29) is 49.6 Å². The van der Waals surface area contributed by atoms with E-state index in [1.54, 1.807) is 44.2 Å². The van der Waals surface area contributed by atoms with Crippen molar-refractivity contribution in [1.29, 1.82) is 0 Å². The summed E-state index contributed by atoms with van der Waals surface area (Å²) in [6.07, 6.45) is 3.07. The number of hydrogen-bond donors (Lipinski definition) is 3. The molecular formula is C40H52N6O6. The van der Waals surface area contributed by atoms with Gasteiger partial charge in [-0.3, -0.25) is 29.0 Å². The molecule has 12 heteroatoms. The highest BCUT2D eigenvalue weighted by Gasteiger charge is 2.32. The molecule has 0 aliphatic carbocycles. The molecule has 0 spiro atoms. The van der Waals surface area contributed by atoms with Crippen molar-refractivity contribution in [3.8, 4) is 16.9 Å². The van der Waals surface area contributed by atoms with Gasteiger partial charge in [-0.15, -0.1) is 0 Å². The summed E-state index contributed by atoms with van der Waals surface area (Å²) in [4.78, 5) is 76.1. The highest BCUT2D eigenvalue weighted by atomic mass is 16.5. The normalized spacial score (nSPS) is 20.0. The number of rotatable bonds is 7. The Morgan fingerprint density at radius 1 is 0.923 bits per heavy atom. The molecule has 3 aromatic rings. The van der Waals surface area contributed by atoms with Crippen molar-refractivity contribution >= 4 is 29.5 Å². The van der Waals surface area contributed by atoms with Crippen LogP contribution in [0.15, 0.2) is 66.9 Å². The summed E-state index contributed by atoms with van der Waals surface area (Å²) in [6.45, 7) is 8.19. The zero-order chi connectivity index (χ0) is 37.8. The van der Waals surface area contributed by atoms with Crippen LogP contribution < -0.4 is 20.7 Å². The van der Waals surface area contributed by atoms with E-state index < -0.39 is 29.9 Å². The first-order valence-corrected chi connectivity index (χ1v) is 18.0. The molecule has 2 aromatic carbocycles. The number of nitrogens with zero attached hydrogens (tertiary/aromatic N) is 3. The van der Waals surface area contributed by atoms with Crippen LogP contribution in [0.3, 0.4) is 0 Å². The lowest BCUT2D eigenvalue weighted by Gasteiger charge is -2.30. The number of amides is 5. The van der Waals surface area contributed by atoms with Gasteiger partial charge in [0.1, 0.15) is 23.9 Å². The van der Waals surface area contributed by atoms with Crippen molar-refractivity contribution in [3.05, 3.63) is 83.7 Å². The Morgan fingerprint density at radius 3 is 2.29 bits per heavy atom. The second-order valence-electron chi connectivity index (χ2n) is 13.7. The van der Waals surface area contributed by atoms with Crippen LogP contribution in [0.5, 0.6) is 5.75 Å². The number of benzene rings is 2. The van der Waals surface area contributed by atoms with Crippen molar-refractivity contribution in [2.75, 3.05) is 33.8 Å². The van der Waals surface area contributed by atoms with Crippen LogP contribution in [0, 0.1) is 12.8 Å². The largest absolute Gasteiger partial charge is 0.497 e. The minimum absolute atomic E-state index is 0.0608. The lowest BCUT2D eigenvalue weighted by molar-refractivity contribution is -0.141. The van der Waals surface area contributed by atoms with Crippen molar-refractivity contribution < 1.29 is 28.7 Å². The van der Waals surface area contributed by atoms with Crippen molar-refractivity contribution in [1.82, 2.24) is 30.7 Å². The maximum atomic E-state index is 14.2. The molecule has 1 aromatic heterocycles. The van der Waals surface area contributed by atoms with E-state index in [0.717, 1.165) is 16.7 Å². The summed E-state index contributed by atoms with van der Waals surface area (Å²) >= 11 is 0. The first kappa shape index (κ1) is 39.5. The Labute approximate surface area is 306 Å². The van der Waals surface area contributed by atoms with E-state index in [0.29, 0.717) is 42.8 Å². The molecule has 0 unspecified atom stereocenters. The molecule has 3 atom stereocenters. The molecule has 0 saturated carbocycles. The van der Waals surface area contributed by atoms with Gasteiger partial charge >= 0.3 is 0 Å². The monoisotopic (exact) mass is 712 g/mol. The zero-order valence-electron chi connectivity index (χ0n) is 31.1. The summed E-state index contributed by atoms with van der Waals surface area (Å²) in [5, 5.41) is 8.69. The topological polar surface area (TPSA) is 150 Å². The maximum Gasteiger partial charge on any atom is 0.256 e. The molecule has 12 nitrogen and oxygen atoms in total. The van der Waals surface area contributed by atoms with E-state index in [1.807, 2.05) is 62.4 Å². The van der Waals surface area contributed by atoms with E-state index in [9.17, 15) is 24.0 Å². The van der Waals surface area contributed by atoms with Gasteiger partial charge < -0.3 is 30.5 Å². The summed E-state index contributed by atoms with van der Waals surface area (Å²) in [5.74, 6) is -1.12. The van der Waals surface area contributed by atoms with Gasteiger partial charge in [-0.05, 0) is 73.9 Å². The smallest absolute Gasteiger partial charge is 0.256 e. The Hall–Kier alpha value is -5.26.